The molecule has 2 rings (SSSR count). The number of nitrogens with zero attached hydrogens (tertiary/aromatic N) is 2. The molecule has 0 saturated heterocycles. The maximum absolute atomic E-state index is 5.42. The van der Waals surface area contributed by atoms with Gasteiger partial charge in [0.15, 0.2) is 5.96 Å². The van der Waals surface area contributed by atoms with Gasteiger partial charge < -0.3 is 20.1 Å². The van der Waals surface area contributed by atoms with Gasteiger partial charge in [-0.05, 0) is 36.1 Å². The van der Waals surface area contributed by atoms with Crippen LogP contribution in [0.1, 0.15) is 36.0 Å². The smallest absolute Gasteiger partial charge is 0.191 e. The van der Waals surface area contributed by atoms with Gasteiger partial charge in [0.25, 0.3) is 0 Å². The van der Waals surface area contributed by atoms with Crippen molar-refractivity contribution in [1.82, 2.24) is 15.6 Å². The molecule has 0 amide bonds. The zero-order valence-electron chi connectivity index (χ0n) is 16.5. The van der Waals surface area contributed by atoms with Crippen LogP contribution < -0.4 is 20.1 Å². The molecule has 1 aromatic heterocycles. The summed E-state index contributed by atoms with van der Waals surface area (Å²) in [5.74, 6) is 2.90. The van der Waals surface area contributed by atoms with Crippen LogP contribution in [0, 0.1) is 0 Å². The number of halogens is 1. The number of methoxy groups -OCH3 is 2. The number of thiazole rings is 1. The van der Waals surface area contributed by atoms with Gasteiger partial charge in [0.1, 0.15) is 16.5 Å². The van der Waals surface area contributed by atoms with Gasteiger partial charge in [-0.1, -0.05) is 13.8 Å². The van der Waals surface area contributed by atoms with Crippen molar-refractivity contribution in [2.75, 3.05) is 27.8 Å². The number of hydrogen-bond acceptors (Lipinski definition) is 5. The Morgan fingerprint density at radius 2 is 2.00 bits per heavy atom. The van der Waals surface area contributed by atoms with Crippen molar-refractivity contribution in [3.63, 3.8) is 0 Å². The van der Waals surface area contributed by atoms with E-state index in [2.05, 4.69) is 39.8 Å². The van der Waals surface area contributed by atoms with E-state index in [9.17, 15) is 0 Å². The van der Waals surface area contributed by atoms with E-state index in [1.54, 1.807) is 32.6 Å². The predicted octanol–water partition coefficient (Wildman–Crippen LogP) is 3.81. The molecule has 150 valence electrons. The van der Waals surface area contributed by atoms with E-state index in [0.29, 0.717) is 12.5 Å². The van der Waals surface area contributed by atoms with Crippen LogP contribution in [-0.2, 0) is 13.0 Å². The van der Waals surface area contributed by atoms with Crippen LogP contribution in [0.25, 0.3) is 0 Å². The van der Waals surface area contributed by atoms with E-state index in [0.717, 1.165) is 46.7 Å². The van der Waals surface area contributed by atoms with Crippen LogP contribution >= 0.6 is 35.3 Å². The van der Waals surface area contributed by atoms with Crippen molar-refractivity contribution < 1.29 is 9.47 Å². The highest BCUT2D eigenvalue weighted by Crippen LogP contribution is 2.24. The van der Waals surface area contributed by atoms with Crippen LogP contribution in [0.3, 0.4) is 0 Å². The van der Waals surface area contributed by atoms with Crippen LogP contribution in [-0.4, -0.2) is 38.8 Å². The second-order valence-electron chi connectivity index (χ2n) is 6.10. The standard InChI is InChI=1S/C19H28N4O2S.HI/c1-13(2)16-12-26-18(23-16)11-22-19(20-3)21-9-8-14-10-15(24-4)6-7-17(14)25-5;/h6-7,10,12-13H,8-9,11H2,1-5H3,(H2,20,21,22);1H. The van der Waals surface area contributed by atoms with Gasteiger partial charge in [-0.2, -0.15) is 0 Å². The number of rotatable bonds is 8. The molecule has 0 aliphatic rings. The second-order valence-corrected chi connectivity index (χ2v) is 7.04. The maximum Gasteiger partial charge on any atom is 0.191 e. The summed E-state index contributed by atoms with van der Waals surface area (Å²) in [5.41, 5.74) is 2.23. The molecule has 0 radical (unpaired) electrons. The third-order valence-corrected chi connectivity index (χ3v) is 4.83. The molecule has 1 aromatic carbocycles. The van der Waals surface area contributed by atoms with Crippen molar-refractivity contribution in [3.8, 4) is 11.5 Å². The third kappa shape index (κ3) is 7.17. The SMILES string of the molecule is CN=C(NCCc1cc(OC)ccc1OC)NCc1nc(C(C)C)cs1.I. The minimum absolute atomic E-state index is 0. The van der Waals surface area contributed by atoms with Gasteiger partial charge in [0, 0.05) is 19.0 Å². The Labute approximate surface area is 182 Å². The summed E-state index contributed by atoms with van der Waals surface area (Å²) in [7, 11) is 5.11. The van der Waals surface area contributed by atoms with Crippen LogP contribution in [0.15, 0.2) is 28.6 Å². The lowest BCUT2D eigenvalue weighted by molar-refractivity contribution is 0.398. The number of benzene rings is 1. The monoisotopic (exact) mass is 504 g/mol. The van der Waals surface area contributed by atoms with Gasteiger partial charge in [0.05, 0.1) is 26.5 Å². The van der Waals surface area contributed by atoms with Crippen molar-refractivity contribution in [2.45, 2.75) is 32.7 Å². The van der Waals surface area contributed by atoms with Gasteiger partial charge in [-0.3, -0.25) is 4.99 Å². The fourth-order valence-electron chi connectivity index (χ4n) is 2.44. The second kappa shape index (κ2) is 12.0. The molecule has 8 heteroatoms. The summed E-state index contributed by atoms with van der Waals surface area (Å²) in [6.45, 7) is 5.71. The van der Waals surface area contributed by atoms with E-state index >= 15 is 0 Å². The topological polar surface area (TPSA) is 67.8 Å². The summed E-state index contributed by atoms with van der Waals surface area (Å²) in [6, 6.07) is 5.82. The van der Waals surface area contributed by atoms with Crippen molar-refractivity contribution in [3.05, 3.63) is 39.8 Å². The normalized spacial score (nSPS) is 11.1. The number of aromatic nitrogens is 1. The lowest BCUT2D eigenvalue weighted by Gasteiger charge is -2.13. The molecule has 0 atom stereocenters. The van der Waals surface area contributed by atoms with Gasteiger partial charge in [-0.15, -0.1) is 35.3 Å². The summed E-state index contributed by atoms with van der Waals surface area (Å²) in [5, 5.41) is 9.81. The van der Waals surface area contributed by atoms with Crippen LogP contribution in [0.2, 0.25) is 0 Å². The molecule has 0 bridgehead atoms. The average molecular weight is 504 g/mol. The summed E-state index contributed by atoms with van der Waals surface area (Å²) < 4.78 is 10.7. The lowest BCUT2D eigenvalue weighted by atomic mass is 10.1. The Bertz CT molecular complexity index is 734. The molecule has 0 aliphatic heterocycles. The van der Waals surface area contributed by atoms with Crippen LogP contribution in [0.4, 0.5) is 0 Å². The van der Waals surface area contributed by atoms with E-state index in [1.807, 2.05) is 18.2 Å². The average Bonchev–Trinajstić information content (AvgIpc) is 3.13. The zero-order valence-corrected chi connectivity index (χ0v) is 19.7. The Morgan fingerprint density at radius 3 is 2.59 bits per heavy atom. The number of aliphatic imine (C=N–C) groups is 1. The summed E-state index contributed by atoms with van der Waals surface area (Å²) in [4.78, 5) is 8.90. The highest BCUT2D eigenvalue weighted by molar-refractivity contribution is 14.0. The molecule has 2 aromatic rings. The third-order valence-electron chi connectivity index (χ3n) is 3.97. The predicted molar refractivity (Wildman–Crippen MR) is 123 cm³/mol. The molecule has 27 heavy (non-hydrogen) atoms. The van der Waals surface area contributed by atoms with Gasteiger partial charge >= 0.3 is 0 Å². The molecule has 2 N–H and O–H groups in total. The quantitative estimate of drug-likeness (QED) is 0.325. The van der Waals surface area contributed by atoms with Crippen LogP contribution in [0.5, 0.6) is 11.5 Å². The number of hydrogen-bond donors (Lipinski definition) is 2. The maximum atomic E-state index is 5.42. The van der Waals surface area contributed by atoms with E-state index in [-0.39, 0.29) is 24.0 Å². The molecule has 0 spiro atoms. The minimum atomic E-state index is 0. The highest BCUT2D eigenvalue weighted by Gasteiger charge is 2.08. The molecule has 0 fully saturated rings. The minimum Gasteiger partial charge on any atom is -0.497 e. The first kappa shape index (κ1) is 23.5. The largest absolute Gasteiger partial charge is 0.497 e. The fourth-order valence-corrected chi connectivity index (χ4v) is 3.34. The van der Waals surface area contributed by atoms with E-state index < -0.39 is 0 Å². The van der Waals surface area contributed by atoms with E-state index in [1.165, 1.54) is 0 Å². The Hall–Kier alpha value is -1.55. The summed E-state index contributed by atoms with van der Waals surface area (Å²) in [6.07, 6.45) is 0.801. The van der Waals surface area contributed by atoms with Gasteiger partial charge in [0.2, 0.25) is 0 Å². The number of guanidine groups is 1. The van der Waals surface area contributed by atoms with Crippen molar-refractivity contribution in [1.29, 1.82) is 0 Å². The van der Waals surface area contributed by atoms with E-state index in [4.69, 9.17) is 9.47 Å². The molecule has 1 heterocycles. The lowest BCUT2D eigenvalue weighted by Crippen LogP contribution is -2.37. The Morgan fingerprint density at radius 1 is 1.22 bits per heavy atom. The highest BCUT2D eigenvalue weighted by atomic mass is 127. The molecule has 0 aliphatic carbocycles. The zero-order chi connectivity index (χ0) is 18.9. The molecular formula is C19H29IN4O2S. The number of nitrogens with one attached hydrogen (secondary N) is 2. The summed E-state index contributed by atoms with van der Waals surface area (Å²) >= 11 is 1.67. The first-order valence-corrected chi connectivity index (χ1v) is 9.55. The molecule has 0 unspecified atom stereocenters. The number of ether oxygens (including phenoxy) is 2. The molecule has 0 saturated carbocycles. The fraction of sp³-hybridized carbons (Fsp3) is 0.474. The Balaban J connectivity index is 0.00000364. The molecule has 6 nitrogen and oxygen atoms in total. The van der Waals surface area contributed by atoms with Gasteiger partial charge in [-0.25, -0.2) is 4.98 Å². The van der Waals surface area contributed by atoms with Crippen molar-refractivity contribution in [2.24, 2.45) is 4.99 Å². The van der Waals surface area contributed by atoms with Crippen molar-refractivity contribution >= 4 is 41.3 Å². The first-order valence-electron chi connectivity index (χ1n) is 8.67. The Kier molecular flexibility index (Phi) is 10.5. The first-order chi connectivity index (χ1) is 12.6. The molecular weight excluding hydrogens is 475 g/mol.